The first kappa shape index (κ1) is 17.0. The molecule has 140 valence electrons. The van der Waals surface area contributed by atoms with Crippen LogP contribution in [0.3, 0.4) is 0 Å². The van der Waals surface area contributed by atoms with Gasteiger partial charge in [0.05, 0.1) is 0 Å². The second-order valence-electron chi connectivity index (χ2n) is 8.65. The number of rotatable bonds is 2. The minimum Gasteiger partial charge on any atom is -0.359 e. The Hall–Kier alpha value is -1.14. The standard InChI is InChI=1S/C20H28N4S2/c25-19(21-17-11-13-1-3-15(17)9-13)23-5-7-24(8-6-23)20(26)22-18-12-14-2-4-16(18)10-14/h1-4,13-18H,5-12H2,(H,21,25)(H,22,26)/t13-,14-,15-,16-,17-,18+/m0/s1. The van der Waals surface area contributed by atoms with Gasteiger partial charge in [0, 0.05) is 38.3 Å². The third-order valence-electron chi connectivity index (χ3n) is 7.03. The number of nitrogens with zero attached hydrogens (tertiary/aromatic N) is 2. The second-order valence-corrected chi connectivity index (χ2v) is 9.42. The molecule has 6 heteroatoms. The van der Waals surface area contributed by atoms with E-state index in [1.807, 2.05) is 0 Å². The first-order valence-electron chi connectivity index (χ1n) is 10.1. The predicted molar refractivity (Wildman–Crippen MR) is 113 cm³/mol. The highest BCUT2D eigenvalue weighted by Crippen LogP contribution is 2.39. The van der Waals surface area contributed by atoms with Crippen molar-refractivity contribution in [1.29, 1.82) is 0 Å². The fourth-order valence-corrected chi connectivity index (χ4v) is 6.17. The molecule has 5 aliphatic rings. The Morgan fingerprint density at radius 2 is 1.08 bits per heavy atom. The molecule has 2 saturated carbocycles. The molecule has 0 radical (unpaired) electrons. The first-order chi connectivity index (χ1) is 12.7. The molecule has 0 unspecified atom stereocenters. The highest BCUT2D eigenvalue weighted by Gasteiger charge is 2.38. The lowest BCUT2D eigenvalue weighted by Crippen LogP contribution is -2.57. The summed E-state index contributed by atoms with van der Waals surface area (Å²) in [5, 5.41) is 9.14. The van der Waals surface area contributed by atoms with Crippen LogP contribution in [0.15, 0.2) is 24.3 Å². The van der Waals surface area contributed by atoms with Crippen molar-refractivity contribution in [2.45, 2.75) is 37.8 Å². The van der Waals surface area contributed by atoms with Crippen LogP contribution >= 0.6 is 24.4 Å². The van der Waals surface area contributed by atoms with Crippen molar-refractivity contribution in [3.05, 3.63) is 24.3 Å². The van der Waals surface area contributed by atoms with Crippen LogP contribution < -0.4 is 10.6 Å². The van der Waals surface area contributed by atoms with Gasteiger partial charge in [-0.2, -0.15) is 0 Å². The van der Waals surface area contributed by atoms with Crippen molar-refractivity contribution >= 4 is 34.7 Å². The van der Waals surface area contributed by atoms with E-state index in [0.717, 1.165) is 48.2 Å². The molecule has 4 bridgehead atoms. The van der Waals surface area contributed by atoms with Crippen molar-refractivity contribution in [2.75, 3.05) is 26.2 Å². The van der Waals surface area contributed by atoms with E-state index < -0.39 is 0 Å². The van der Waals surface area contributed by atoms with E-state index in [9.17, 15) is 0 Å². The van der Waals surface area contributed by atoms with Gasteiger partial charge in [0.1, 0.15) is 0 Å². The fraction of sp³-hybridized carbons (Fsp3) is 0.700. The highest BCUT2D eigenvalue weighted by molar-refractivity contribution is 7.80. The molecular weight excluding hydrogens is 360 g/mol. The SMILES string of the molecule is S=C(N[C@H]1C[C@H]2C=C[C@H]1C2)N1CCN(C(=S)N[C@@H]2C[C@H]3C=C[C@H]2C3)CC1. The van der Waals surface area contributed by atoms with E-state index in [0.29, 0.717) is 23.9 Å². The van der Waals surface area contributed by atoms with Gasteiger partial charge in [-0.05, 0) is 73.8 Å². The average molecular weight is 389 g/mol. The normalized spacial score (nSPS) is 39.7. The minimum absolute atomic E-state index is 0.545. The van der Waals surface area contributed by atoms with Gasteiger partial charge < -0.3 is 20.4 Å². The molecule has 4 aliphatic carbocycles. The van der Waals surface area contributed by atoms with Crippen LogP contribution in [0.4, 0.5) is 0 Å². The summed E-state index contributed by atoms with van der Waals surface area (Å²) in [6, 6.07) is 1.09. The molecule has 1 aliphatic heterocycles. The molecule has 5 rings (SSSR count). The van der Waals surface area contributed by atoms with Gasteiger partial charge in [-0.15, -0.1) is 0 Å². The van der Waals surface area contributed by atoms with Gasteiger partial charge in [-0.25, -0.2) is 0 Å². The van der Waals surface area contributed by atoms with E-state index in [4.69, 9.17) is 24.4 Å². The van der Waals surface area contributed by atoms with E-state index in [2.05, 4.69) is 44.7 Å². The summed E-state index contributed by atoms with van der Waals surface area (Å²) in [5.41, 5.74) is 0. The van der Waals surface area contributed by atoms with Gasteiger partial charge >= 0.3 is 0 Å². The Bertz CT molecular complexity index is 596. The summed E-state index contributed by atoms with van der Waals surface area (Å²) in [6.45, 7) is 3.84. The molecule has 0 amide bonds. The van der Waals surface area contributed by atoms with Crippen LogP contribution in [-0.2, 0) is 0 Å². The number of nitrogens with one attached hydrogen (secondary N) is 2. The Balaban J connectivity index is 1.08. The van der Waals surface area contributed by atoms with Crippen molar-refractivity contribution < 1.29 is 0 Å². The molecule has 0 aromatic rings. The number of allylic oxidation sites excluding steroid dienone is 2. The van der Waals surface area contributed by atoms with Gasteiger partial charge in [0.15, 0.2) is 10.2 Å². The van der Waals surface area contributed by atoms with Crippen LogP contribution in [-0.4, -0.2) is 58.3 Å². The van der Waals surface area contributed by atoms with Crippen LogP contribution in [0, 0.1) is 23.7 Å². The Morgan fingerprint density at radius 1 is 0.654 bits per heavy atom. The van der Waals surface area contributed by atoms with Crippen molar-refractivity contribution in [3.63, 3.8) is 0 Å². The molecule has 4 nitrogen and oxygen atoms in total. The number of hydrogen-bond donors (Lipinski definition) is 2. The lowest BCUT2D eigenvalue weighted by atomic mass is 10.0. The van der Waals surface area contributed by atoms with E-state index in [1.165, 1.54) is 25.7 Å². The largest absolute Gasteiger partial charge is 0.359 e. The van der Waals surface area contributed by atoms with Crippen LogP contribution in [0.5, 0.6) is 0 Å². The number of fused-ring (bicyclic) bond motifs is 4. The molecule has 6 atom stereocenters. The Morgan fingerprint density at radius 3 is 1.38 bits per heavy atom. The summed E-state index contributed by atoms with van der Waals surface area (Å²) in [7, 11) is 0. The summed E-state index contributed by atoms with van der Waals surface area (Å²) in [5.74, 6) is 2.93. The molecule has 0 aromatic carbocycles. The zero-order chi connectivity index (χ0) is 17.7. The van der Waals surface area contributed by atoms with Crippen LogP contribution in [0.1, 0.15) is 25.7 Å². The van der Waals surface area contributed by atoms with Crippen molar-refractivity contribution in [1.82, 2.24) is 20.4 Å². The van der Waals surface area contributed by atoms with E-state index in [1.54, 1.807) is 0 Å². The molecule has 3 fully saturated rings. The van der Waals surface area contributed by atoms with Gasteiger partial charge in [-0.3, -0.25) is 0 Å². The Labute approximate surface area is 167 Å². The third kappa shape index (κ3) is 3.15. The monoisotopic (exact) mass is 388 g/mol. The highest BCUT2D eigenvalue weighted by atomic mass is 32.1. The maximum absolute atomic E-state index is 5.70. The van der Waals surface area contributed by atoms with Gasteiger partial charge in [0.25, 0.3) is 0 Å². The third-order valence-corrected chi connectivity index (χ3v) is 7.78. The molecule has 26 heavy (non-hydrogen) atoms. The van der Waals surface area contributed by atoms with Gasteiger partial charge in [-0.1, -0.05) is 24.3 Å². The van der Waals surface area contributed by atoms with Gasteiger partial charge in [0.2, 0.25) is 0 Å². The average Bonchev–Trinajstić information content (AvgIpc) is 3.43. The first-order valence-corrected chi connectivity index (χ1v) is 10.9. The summed E-state index contributed by atoms with van der Waals surface area (Å²) >= 11 is 11.4. The topological polar surface area (TPSA) is 30.5 Å². The quantitative estimate of drug-likeness (QED) is 0.558. The molecule has 1 saturated heterocycles. The molecule has 0 spiro atoms. The second kappa shape index (κ2) is 6.79. The molecular formula is C20H28N4S2. The van der Waals surface area contributed by atoms with Crippen molar-refractivity contribution in [2.24, 2.45) is 23.7 Å². The smallest absolute Gasteiger partial charge is 0.169 e. The van der Waals surface area contributed by atoms with Crippen LogP contribution in [0.25, 0.3) is 0 Å². The summed E-state index contributed by atoms with van der Waals surface area (Å²) < 4.78 is 0. The zero-order valence-electron chi connectivity index (χ0n) is 15.1. The zero-order valence-corrected chi connectivity index (χ0v) is 16.8. The van der Waals surface area contributed by atoms with Crippen molar-refractivity contribution in [3.8, 4) is 0 Å². The minimum atomic E-state index is 0.545. The number of hydrogen-bond acceptors (Lipinski definition) is 2. The maximum Gasteiger partial charge on any atom is 0.169 e. The van der Waals surface area contributed by atoms with E-state index in [-0.39, 0.29) is 0 Å². The lowest BCUT2D eigenvalue weighted by molar-refractivity contribution is 0.249. The maximum atomic E-state index is 5.70. The number of piperazine rings is 1. The molecule has 1 heterocycles. The predicted octanol–water partition coefficient (Wildman–Crippen LogP) is 2.28. The Kier molecular flexibility index (Phi) is 4.44. The lowest BCUT2D eigenvalue weighted by Gasteiger charge is -2.39. The van der Waals surface area contributed by atoms with Crippen LogP contribution in [0.2, 0.25) is 0 Å². The number of thiocarbonyl (C=S) groups is 2. The molecule has 0 aromatic heterocycles. The molecule has 2 N–H and O–H groups in total. The van der Waals surface area contributed by atoms with E-state index >= 15 is 0 Å². The fourth-order valence-electron chi connectivity index (χ4n) is 5.51. The summed E-state index contributed by atoms with van der Waals surface area (Å²) in [4.78, 5) is 4.65. The summed E-state index contributed by atoms with van der Waals surface area (Å²) in [6.07, 6.45) is 14.6.